The molecule has 8 heteroatoms. The van der Waals surface area contributed by atoms with Crippen molar-refractivity contribution in [3.63, 3.8) is 0 Å². The molecular weight excluding hydrogens is 474 g/mol. The van der Waals surface area contributed by atoms with Crippen LogP contribution in [0.5, 0.6) is 5.75 Å². The summed E-state index contributed by atoms with van der Waals surface area (Å²) in [6, 6.07) is 19.5. The largest absolute Gasteiger partial charge is 0.486 e. The van der Waals surface area contributed by atoms with E-state index in [2.05, 4.69) is 16.4 Å². The van der Waals surface area contributed by atoms with Gasteiger partial charge in [-0.1, -0.05) is 36.4 Å². The molecule has 1 aliphatic carbocycles. The minimum Gasteiger partial charge on any atom is -0.486 e. The van der Waals surface area contributed by atoms with Crippen LogP contribution in [-0.4, -0.2) is 34.3 Å². The monoisotopic (exact) mass is 499 g/mol. The third-order valence-electron chi connectivity index (χ3n) is 6.51. The molecule has 3 heterocycles. The molecule has 1 N–H and O–H groups in total. The van der Waals surface area contributed by atoms with Crippen LogP contribution in [0.1, 0.15) is 61.6 Å². The van der Waals surface area contributed by atoms with E-state index < -0.39 is 0 Å². The zero-order valence-electron chi connectivity index (χ0n) is 19.6. The molecule has 2 aliphatic rings. The Hall–Kier alpha value is -3.91. The molecule has 4 aromatic rings. The fraction of sp³-hybridized carbons (Fsp3) is 0.250. The molecule has 1 saturated carbocycles. The highest BCUT2D eigenvalue weighted by Gasteiger charge is 2.34. The maximum absolute atomic E-state index is 13.3. The first kappa shape index (κ1) is 22.5. The van der Waals surface area contributed by atoms with Crippen molar-refractivity contribution in [1.82, 2.24) is 15.2 Å². The first-order chi connectivity index (χ1) is 17.7. The lowest BCUT2D eigenvalue weighted by molar-refractivity contribution is 0.0661. The molecule has 36 heavy (non-hydrogen) atoms. The van der Waals surface area contributed by atoms with Gasteiger partial charge >= 0.3 is 0 Å². The molecule has 1 atom stereocenters. The quantitative estimate of drug-likeness (QED) is 0.387. The van der Waals surface area contributed by atoms with E-state index in [0.29, 0.717) is 29.8 Å². The molecule has 2 aromatic carbocycles. The number of thiazole rings is 1. The summed E-state index contributed by atoms with van der Waals surface area (Å²) in [5.41, 5.74) is 3.69. The van der Waals surface area contributed by atoms with E-state index in [0.717, 1.165) is 35.4 Å². The van der Waals surface area contributed by atoms with Gasteiger partial charge < -0.3 is 19.4 Å². The zero-order chi connectivity index (χ0) is 24.5. The lowest BCUT2D eigenvalue weighted by Crippen LogP contribution is -2.40. The van der Waals surface area contributed by atoms with Gasteiger partial charge in [0.05, 0.1) is 12.3 Å². The Labute approximate surface area is 212 Å². The van der Waals surface area contributed by atoms with Crippen LogP contribution >= 0.6 is 11.3 Å². The minimum absolute atomic E-state index is 0.124. The fourth-order valence-electron chi connectivity index (χ4n) is 4.55. The second-order valence-electron chi connectivity index (χ2n) is 9.06. The number of carbonyl (C=O) groups is 2. The molecule has 1 aliphatic heterocycles. The third kappa shape index (κ3) is 4.64. The van der Waals surface area contributed by atoms with Crippen LogP contribution in [-0.2, 0) is 13.0 Å². The van der Waals surface area contributed by atoms with E-state index in [4.69, 9.17) is 9.15 Å². The lowest BCUT2D eigenvalue weighted by atomic mass is 9.87. The first-order valence-electron chi connectivity index (χ1n) is 12.1. The van der Waals surface area contributed by atoms with Crippen LogP contribution in [0.2, 0.25) is 0 Å². The van der Waals surface area contributed by atoms with Crippen molar-refractivity contribution in [2.75, 3.05) is 6.54 Å². The highest BCUT2D eigenvalue weighted by atomic mass is 32.1. The van der Waals surface area contributed by atoms with Crippen LogP contribution in [0.25, 0.3) is 0 Å². The Morgan fingerprint density at radius 1 is 1.11 bits per heavy atom. The van der Waals surface area contributed by atoms with Crippen molar-refractivity contribution in [2.45, 2.75) is 38.0 Å². The Balaban J connectivity index is 1.24. The molecule has 0 spiro atoms. The predicted octanol–water partition coefficient (Wildman–Crippen LogP) is 5.00. The third-order valence-corrected chi connectivity index (χ3v) is 7.34. The number of ether oxygens (including phenoxy) is 1. The highest BCUT2D eigenvalue weighted by Crippen LogP contribution is 2.38. The topological polar surface area (TPSA) is 84.7 Å². The molecule has 7 nitrogen and oxygen atoms in total. The number of nitrogens with one attached hydrogen (secondary N) is 1. The number of hydrogen-bond acceptors (Lipinski definition) is 6. The standard InChI is InChI=1S/C28H25N3O4S/c32-27(29-20-9-10-20)23-17-36-25(30-23)16-35-21-11-8-18-12-13-31(28(33)24-7-4-14-34-24)26(22(18)15-21)19-5-2-1-3-6-19/h1-8,11,14-15,17,20,26H,9-10,12-13,16H2,(H,29,32). The number of benzene rings is 2. The summed E-state index contributed by atoms with van der Waals surface area (Å²) in [7, 11) is 0. The smallest absolute Gasteiger partial charge is 0.290 e. The summed E-state index contributed by atoms with van der Waals surface area (Å²) in [4.78, 5) is 31.9. The van der Waals surface area contributed by atoms with Crippen LogP contribution < -0.4 is 10.1 Å². The van der Waals surface area contributed by atoms with Gasteiger partial charge in [0.2, 0.25) is 0 Å². The number of aromatic nitrogens is 1. The number of nitrogens with zero attached hydrogens (tertiary/aromatic N) is 2. The number of carbonyl (C=O) groups excluding carboxylic acids is 2. The van der Waals surface area contributed by atoms with Crippen LogP contribution in [0.4, 0.5) is 0 Å². The predicted molar refractivity (Wildman–Crippen MR) is 135 cm³/mol. The van der Waals surface area contributed by atoms with Crippen molar-refractivity contribution in [3.05, 3.63) is 105 Å². The van der Waals surface area contributed by atoms with Gasteiger partial charge in [0.25, 0.3) is 11.8 Å². The molecule has 0 saturated heterocycles. The molecule has 2 amide bonds. The normalized spacial score (nSPS) is 16.9. The Morgan fingerprint density at radius 2 is 1.97 bits per heavy atom. The first-order valence-corrected chi connectivity index (χ1v) is 12.9. The van der Waals surface area contributed by atoms with Crippen molar-refractivity contribution < 1.29 is 18.7 Å². The minimum atomic E-state index is -0.256. The van der Waals surface area contributed by atoms with Crippen molar-refractivity contribution in [2.24, 2.45) is 0 Å². The SMILES string of the molecule is O=C(NC1CC1)c1csc(COc2ccc3c(c2)C(c2ccccc2)N(C(=O)c2ccco2)CC3)n1. The van der Waals surface area contributed by atoms with E-state index in [1.165, 1.54) is 23.2 Å². The van der Waals surface area contributed by atoms with Gasteiger partial charge in [-0.15, -0.1) is 11.3 Å². The van der Waals surface area contributed by atoms with E-state index >= 15 is 0 Å². The van der Waals surface area contributed by atoms with E-state index in [-0.39, 0.29) is 24.5 Å². The van der Waals surface area contributed by atoms with Gasteiger partial charge in [0, 0.05) is 18.0 Å². The van der Waals surface area contributed by atoms with Crippen LogP contribution in [0.3, 0.4) is 0 Å². The van der Waals surface area contributed by atoms with E-state index in [1.54, 1.807) is 17.5 Å². The molecule has 1 fully saturated rings. The van der Waals surface area contributed by atoms with Gasteiger partial charge in [0.1, 0.15) is 23.1 Å². The second-order valence-corrected chi connectivity index (χ2v) is 10.0. The fourth-order valence-corrected chi connectivity index (χ4v) is 5.24. The van der Waals surface area contributed by atoms with Gasteiger partial charge in [-0.3, -0.25) is 9.59 Å². The molecular formula is C28H25N3O4S. The molecule has 1 unspecified atom stereocenters. The Bertz CT molecular complexity index is 1380. The maximum Gasteiger partial charge on any atom is 0.290 e. The van der Waals surface area contributed by atoms with Crippen molar-refractivity contribution in [1.29, 1.82) is 0 Å². The van der Waals surface area contributed by atoms with Crippen LogP contribution in [0.15, 0.2) is 76.7 Å². The molecule has 6 rings (SSSR count). The Kier molecular flexibility index (Phi) is 6.03. The summed E-state index contributed by atoms with van der Waals surface area (Å²) in [6.07, 6.45) is 4.35. The molecule has 0 radical (unpaired) electrons. The van der Waals surface area contributed by atoms with Crippen molar-refractivity contribution >= 4 is 23.2 Å². The summed E-state index contributed by atoms with van der Waals surface area (Å²) in [6.45, 7) is 0.863. The summed E-state index contributed by atoms with van der Waals surface area (Å²) < 4.78 is 11.5. The molecule has 2 aromatic heterocycles. The van der Waals surface area contributed by atoms with Gasteiger partial charge in [-0.05, 0) is 60.2 Å². The number of amides is 2. The number of hydrogen-bond donors (Lipinski definition) is 1. The Morgan fingerprint density at radius 3 is 2.75 bits per heavy atom. The zero-order valence-corrected chi connectivity index (χ0v) is 20.4. The lowest BCUT2D eigenvalue weighted by Gasteiger charge is -2.37. The maximum atomic E-state index is 13.3. The summed E-state index contributed by atoms with van der Waals surface area (Å²) >= 11 is 1.41. The van der Waals surface area contributed by atoms with Crippen molar-refractivity contribution in [3.8, 4) is 5.75 Å². The molecule has 0 bridgehead atoms. The second kappa shape index (κ2) is 9.62. The van der Waals surface area contributed by atoms with E-state index in [1.807, 2.05) is 47.4 Å². The van der Waals surface area contributed by atoms with Crippen LogP contribution in [0, 0.1) is 0 Å². The summed E-state index contributed by atoms with van der Waals surface area (Å²) in [5, 5.41) is 5.47. The summed E-state index contributed by atoms with van der Waals surface area (Å²) in [5.74, 6) is 0.768. The average molecular weight is 500 g/mol. The average Bonchev–Trinajstić information content (AvgIpc) is 3.35. The number of fused-ring (bicyclic) bond motifs is 1. The highest BCUT2D eigenvalue weighted by molar-refractivity contribution is 7.09. The molecule has 182 valence electrons. The van der Waals surface area contributed by atoms with Gasteiger partial charge in [0.15, 0.2) is 5.76 Å². The van der Waals surface area contributed by atoms with Gasteiger partial charge in [-0.2, -0.15) is 0 Å². The van der Waals surface area contributed by atoms with Gasteiger partial charge in [-0.25, -0.2) is 4.98 Å². The number of rotatable bonds is 7. The van der Waals surface area contributed by atoms with E-state index in [9.17, 15) is 9.59 Å². The number of furan rings is 1.